The van der Waals surface area contributed by atoms with Crippen molar-refractivity contribution in [2.24, 2.45) is 23.7 Å². The fourth-order valence-electron chi connectivity index (χ4n) is 2.65. The van der Waals surface area contributed by atoms with Gasteiger partial charge in [-0.25, -0.2) is 0 Å². The molecule has 2 aliphatic rings. The second kappa shape index (κ2) is 4.84. The van der Waals surface area contributed by atoms with Gasteiger partial charge in [-0.2, -0.15) is 0 Å². The minimum atomic E-state index is -0.596. The van der Waals surface area contributed by atoms with Crippen LogP contribution in [0.15, 0.2) is 11.6 Å². The SMILES string of the molecule is CC1=CC(C2CC(=O)OC2=O)CC([C]=O)C1[C]=O. The average Bonchev–Trinajstić information content (AvgIpc) is 2.67. The first-order valence-electron chi connectivity index (χ1n) is 5.75. The van der Waals surface area contributed by atoms with Crippen molar-refractivity contribution in [1.82, 2.24) is 0 Å². The highest BCUT2D eigenvalue weighted by Gasteiger charge is 2.42. The Hall–Kier alpha value is -1.78. The van der Waals surface area contributed by atoms with Gasteiger partial charge in [0.15, 0.2) is 0 Å². The van der Waals surface area contributed by atoms with Gasteiger partial charge in [0.2, 0.25) is 12.6 Å². The molecule has 2 radical (unpaired) electrons. The van der Waals surface area contributed by atoms with Gasteiger partial charge in [-0.1, -0.05) is 11.6 Å². The number of allylic oxidation sites excluding steroid dienone is 2. The highest BCUT2D eigenvalue weighted by molar-refractivity contribution is 5.95. The maximum Gasteiger partial charge on any atom is 0.317 e. The van der Waals surface area contributed by atoms with Gasteiger partial charge in [-0.05, 0) is 19.3 Å². The van der Waals surface area contributed by atoms with Crippen LogP contribution in [0.4, 0.5) is 0 Å². The first-order chi connectivity index (χ1) is 8.56. The van der Waals surface area contributed by atoms with Crippen molar-refractivity contribution in [3.8, 4) is 0 Å². The zero-order chi connectivity index (χ0) is 13.3. The summed E-state index contributed by atoms with van der Waals surface area (Å²) in [5, 5.41) is 0. The lowest BCUT2D eigenvalue weighted by Crippen LogP contribution is -2.30. The molecule has 94 valence electrons. The first-order valence-corrected chi connectivity index (χ1v) is 5.75. The number of ether oxygens (including phenoxy) is 1. The van der Waals surface area contributed by atoms with Gasteiger partial charge in [0, 0.05) is 5.92 Å². The number of carbonyl (C=O) groups excluding carboxylic acids is 4. The maximum atomic E-state index is 11.5. The first kappa shape index (κ1) is 12.7. The fraction of sp³-hybridized carbons (Fsp3) is 0.538. The molecule has 5 nitrogen and oxygen atoms in total. The zero-order valence-corrected chi connectivity index (χ0v) is 9.84. The van der Waals surface area contributed by atoms with E-state index in [0.29, 0.717) is 12.0 Å². The van der Waals surface area contributed by atoms with Crippen LogP contribution in [0.2, 0.25) is 0 Å². The van der Waals surface area contributed by atoms with Crippen molar-refractivity contribution in [2.45, 2.75) is 19.8 Å². The maximum absolute atomic E-state index is 11.5. The smallest absolute Gasteiger partial charge is 0.317 e. The highest BCUT2D eigenvalue weighted by atomic mass is 16.6. The van der Waals surface area contributed by atoms with Gasteiger partial charge in [-0.15, -0.1) is 0 Å². The molecule has 18 heavy (non-hydrogen) atoms. The summed E-state index contributed by atoms with van der Waals surface area (Å²) in [4.78, 5) is 44.2. The Morgan fingerprint density at radius 2 is 2.00 bits per heavy atom. The second-order valence-corrected chi connectivity index (χ2v) is 4.73. The molecule has 0 aromatic rings. The van der Waals surface area contributed by atoms with Crippen LogP contribution in [0.1, 0.15) is 19.8 Å². The number of hydrogen-bond acceptors (Lipinski definition) is 5. The molecule has 0 aromatic carbocycles. The predicted molar refractivity (Wildman–Crippen MR) is 59.4 cm³/mol. The summed E-state index contributed by atoms with van der Waals surface area (Å²) in [6.07, 6.45) is 5.78. The monoisotopic (exact) mass is 248 g/mol. The lowest BCUT2D eigenvalue weighted by molar-refractivity contribution is -0.153. The lowest BCUT2D eigenvalue weighted by Gasteiger charge is -2.29. The molecule has 0 amide bonds. The topological polar surface area (TPSA) is 77.5 Å². The number of cyclic esters (lactones) is 2. The zero-order valence-electron chi connectivity index (χ0n) is 9.84. The van der Waals surface area contributed by atoms with Gasteiger partial charge < -0.3 is 4.74 Å². The minimum absolute atomic E-state index is 0.0360. The van der Waals surface area contributed by atoms with Crippen LogP contribution in [-0.2, 0) is 23.9 Å². The quantitative estimate of drug-likeness (QED) is 0.413. The van der Waals surface area contributed by atoms with Crippen LogP contribution in [0.25, 0.3) is 0 Å². The molecule has 0 spiro atoms. The van der Waals surface area contributed by atoms with Crippen molar-refractivity contribution in [3.63, 3.8) is 0 Å². The normalized spacial score (nSPS) is 35.9. The molecule has 0 bridgehead atoms. The molecule has 4 atom stereocenters. The van der Waals surface area contributed by atoms with Crippen LogP contribution in [0.5, 0.6) is 0 Å². The van der Waals surface area contributed by atoms with Gasteiger partial charge in [-0.3, -0.25) is 19.2 Å². The summed E-state index contributed by atoms with van der Waals surface area (Å²) in [5.74, 6) is -3.07. The molecule has 1 fully saturated rings. The van der Waals surface area contributed by atoms with Crippen LogP contribution in [-0.4, -0.2) is 24.5 Å². The molecular weight excluding hydrogens is 236 g/mol. The van der Waals surface area contributed by atoms with Crippen molar-refractivity contribution < 1.29 is 23.9 Å². The molecule has 1 heterocycles. The molecule has 0 saturated carbocycles. The molecular formula is C13H12O5. The lowest BCUT2D eigenvalue weighted by atomic mass is 9.72. The second-order valence-electron chi connectivity index (χ2n) is 4.73. The number of esters is 2. The van der Waals surface area contributed by atoms with Crippen LogP contribution >= 0.6 is 0 Å². The third-order valence-corrected chi connectivity index (χ3v) is 3.59. The van der Waals surface area contributed by atoms with Crippen LogP contribution in [0.3, 0.4) is 0 Å². The summed E-state index contributed by atoms with van der Waals surface area (Å²) < 4.78 is 4.50. The van der Waals surface area contributed by atoms with E-state index in [0.717, 1.165) is 0 Å². The molecule has 5 heteroatoms. The van der Waals surface area contributed by atoms with Crippen molar-refractivity contribution in [3.05, 3.63) is 11.6 Å². The van der Waals surface area contributed by atoms with Gasteiger partial charge in [0.1, 0.15) is 0 Å². The number of hydrogen-bond donors (Lipinski definition) is 0. The van der Waals surface area contributed by atoms with Gasteiger partial charge in [0.25, 0.3) is 0 Å². The number of carbonyl (C=O) groups is 2. The molecule has 1 aliphatic carbocycles. The van der Waals surface area contributed by atoms with E-state index in [-0.39, 0.29) is 12.3 Å². The highest BCUT2D eigenvalue weighted by Crippen LogP contribution is 2.38. The molecule has 0 aromatic heterocycles. The Balaban J connectivity index is 2.23. The van der Waals surface area contributed by atoms with Crippen molar-refractivity contribution in [2.75, 3.05) is 0 Å². The predicted octanol–water partition coefficient (Wildman–Crippen LogP) is 0.494. The molecule has 0 N–H and O–H groups in total. The van der Waals surface area contributed by atoms with E-state index < -0.39 is 29.7 Å². The summed E-state index contributed by atoms with van der Waals surface area (Å²) in [6.45, 7) is 1.72. The molecule has 2 rings (SSSR count). The molecule has 1 aliphatic heterocycles. The summed E-state index contributed by atoms with van der Waals surface area (Å²) in [6, 6.07) is 0. The van der Waals surface area contributed by atoms with E-state index in [1.165, 1.54) is 0 Å². The Bertz CT molecular complexity index is 437. The Morgan fingerprint density at radius 3 is 2.50 bits per heavy atom. The van der Waals surface area contributed by atoms with E-state index in [1.807, 2.05) is 12.6 Å². The fourth-order valence-corrected chi connectivity index (χ4v) is 2.65. The van der Waals surface area contributed by atoms with Crippen molar-refractivity contribution >= 4 is 24.5 Å². The summed E-state index contributed by atoms with van der Waals surface area (Å²) in [7, 11) is 0. The average molecular weight is 248 g/mol. The summed E-state index contributed by atoms with van der Waals surface area (Å²) >= 11 is 0. The minimum Gasteiger partial charge on any atom is -0.393 e. The standard InChI is InChI=1S/C13H12O5/c1-7-2-8(3-9(5-14)11(7)6-15)10-4-12(16)18-13(10)17/h2,8-11H,3-4H2,1H3. The van der Waals surface area contributed by atoms with Crippen molar-refractivity contribution in [1.29, 1.82) is 0 Å². The Kier molecular flexibility index (Phi) is 3.41. The largest absolute Gasteiger partial charge is 0.393 e. The van der Waals surface area contributed by atoms with E-state index in [9.17, 15) is 19.2 Å². The van der Waals surface area contributed by atoms with Crippen LogP contribution in [0, 0.1) is 23.7 Å². The Morgan fingerprint density at radius 1 is 1.28 bits per heavy atom. The van der Waals surface area contributed by atoms with Gasteiger partial charge in [0.05, 0.1) is 18.3 Å². The van der Waals surface area contributed by atoms with E-state index in [4.69, 9.17) is 0 Å². The number of rotatable bonds is 3. The van der Waals surface area contributed by atoms with E-state index in [1.54, 1.807) is 13.0 Å². The van der Waals surface area contributed by atoms with E-state index >= 15 is 0 Å². The third kappa shape index (κ3) is 2.12. The van der Waals surface area contributed by atoms with E-state index in [2.05, 4.69) is 4.74 Å². The molecule has 1 saturated heterocycles. The van der Waals surface area contributed by atoms with Gasteiger partial charge >= 0.3 is 11.9 Å². The molecule has 4 unspecified atom stereocenters. The third-order valence-electron chi connectivity index (χ3n) is 3.59. The Labute approximate surface area is 104 Å². The van der Waals surface area contributed by atoms with Crippen LogP contribution < -0.4 is 0 Å². The summed E-state index contributed by atoms with van der Waals surface area (Å²) in [5.41, 5.74) is 0.696.